The van der Waals surface area contributed by atoms with Gasteiger partial charge < -0.3 is 17.7 Å². The monoisotopic (exact) mass is 441 g/mol. The summed E-state index contributed by atoms with van der Waals surface area (Å²) >= 11 is 0. The van der Waals surface area contributed by atoms with Crippen LogP contribution in [0.25, 0.3) is 0 Å². The minimum Gasteiger partial charge on any atom is -0.437 e. The highest BCUT2D eigenvalue weighted by Gasteiger charge is 2.37. The predicted octanol–water partition coefficient (Wildman–Crippen LogP) is 5.97. The largest absolute Gasteiger partial charge is 0.437 e. The van der Waals surface area contributed by atoms with Gasteiger partial charge in [-0.05, 0) is 56.8 Å². The first kappa shape index (κ1) is 25.7. The second-order valence-corrected chi connectivity index (χ2v) is 18.5. The standard InChI is InChI=1S/C21H41O4Si3/c1-7-8-18-28(6,25-27(4,5)24-26(2)3)19-12-15-22-16-17-23-20-21-13-10-9-11-14-21/h9-11,13-14H,7-8,12,15-20H2,1-6H3. The maximum Gasteiger partial charge on any atom is 0.311 e. The van der Waals surface area contributed by atoms with Crippen LogP contribution in [-0.2, 0) is 24.3 Å². The van der Waals surface area contributed by atoms with Crippen LogP contribution in [-0.4, -0.2) is 45.7 Å². The third-order valence-electron chi connectivity index (χ3n) is 4.48. The fourth-order valence-corrected chi connectivity index (χ4v) is 15.7. The molecule has 1 radical (unpaired) electrons. The van der Waals surface area contributed by atoms with Crippen molar-refractivity contribution < 1.29 is 17.7 Å². The Morgan fingerprint density at radius 1 is 0.857 bits per heavy atom. The van der Waals surface area contributed by atoms with E-state index in [1.807, 2.05) is 18.2 Å². The third kappa shape index (κ3) is 12.3. The molecule has 1 aromatic rings. The van der Waals surface area contributed by atoms with Gasteiger partial charge in [0.2, 0.25) is 0 Å². The Hall–Kier alpha value is -0.289. The summed E-state index contributed by atoms with van der Waals surface area (Å²) in [6.07, 6.45) is 3.53. The van der Waals surface area contributed by atoms with Gasteiger partial charge in [0.1, 0.15) is 0 Å². The number of hydrogen-bond acceptors (Lipinski definition) is 4. The lowest BCUT2D eigenvalue weighted by Gasteiger charge is -2.37. The zero-order valence-electron chi connectivity index (χ0n) is 18.9. The van der Waals surface area contributed by atoms with Crippen LogP contribution >= 0.6 is 0 Å². The second kappa shape index (κ2) is 13.8. The molecule has 0 amide bonds. The smallest absolute Gasteiger partial charge is 0.311 e. The van der Waals surface area contributed by atoms with Gasteiger partial charge in [-0.2, -0.15) is 0 Å². The fourth-order valence-electron chi connectivity index (χ4n) is 3.42. The number of hydrogen-bond donors (Lipinski definition) is 0. The van der Waals surface area contributed by atoms with Crippen molar-refractivity contribution in [2.24, 2.45) is 0 Å². The number of ether oxygens (including phenoxy) is 2. The van der Waals surface area contributed by atoms with E-state index < -0.39 is 25.9 Å². The summed E-state index contributed by atoms with van der Waals surface area (Å²) in [4.78, 5) is 0. The SMILES string of the molecule is CCCC[Si](C)(CCCOCCOCc1ccccc1)O[Si](C)(C)O[Si](C)C. The molecule has 0 saturated carbocycles. The van der Waals surface area contributed by atoms with Gasteiger partial charge >= 0.3 is 8.56 Å². The lowest BCUT2D eigenvalue weighted by Crippen LogP contribution is -2.50. The van der Waals surface area contributed by atoms with Crippen LogP contribution in [0.15, 0.2) is 30.3 Å². The molecule has 1 atom stereocenters. The van der Waals surface area contributed by atoms with Gasteiger partial charge in [0.15, 0.2) is 17.4 Å². The van der Waals surface area contributed by atoms with E-state index in [0.29, 0.717) is 19.8 Å². The van der Waals surface area contributed by atoms with Gasteiger partial charge in [-0.15, -0.1) is 0 Å². The van der Waals surface area contributed by atoms with E-state index in [2.05, 4.69) is 51.8 Å². The van der Waals surface area contributed by atoms with Crippen LogP contribution in [0.5, 0.6) is 0 Å². The molecule has 4 nitrogen and oxygen atoms in total. The summed E-state index contributed by atoms with van der Waals surface area (Å²) in [6.45, 7) is 16.2. The van der Waals surface area contributed by atoms with Crippen LogP contribution in [0, 0.1) is 0 Å². The van der Waals surface area contributed by atoms with E-state index >= 15 is 0 Å². The van der Waals surface area contributed by atoms with Gasteiger partial charge in [-0.25, -0.2) is 0 Å². The Balaban J connectivity index is 2.26. The van der Waals surface area contributed by atoms with E-state index in [9.17, 15) is 0 Å². The molecular formula is C21H41O4Si3. The van der Waals surface area contributed by atoms with Gasteiger partial charge in [-0.3, -0.25) is 0 Å². The first-order valence-corrected chi connectivity index (χ1v) is 18.7. The van der Waals surface area contributed by atoms with Gasteiger partial charge in [0, 0.05) is 6.61 Å². The Labute approximate surface area is 177 Å². The highest BCUT2D eigenvalue weighted by Crippen LogP contribution is 2.27. The second-order valence-electron chi connectivity index (χ2n) is 8.32. The van der Waals surface area contributed by atoms with E-state index in [-0.39, 0.29) is 0 Å². The first-order chi connectivity index (χ1) is 13.3. The average molecular weight is 442 g/mol. The molecule has 1 unspecified atom stereocenters. The molecular weight excluding hydrogens is 400 g/mol. The average Bonchev–Trinajstić information content (AvgIpc) is 2.61. The Bertz CT molecular complexity index is 514. The molecule has 0 N–H and O–H groups in total. The normalized spacial score (nSPS) is 14.4. The summed E-state index contributed by atoms with van der Waals surface area (Å²) in [7, 11) is -4.49. The van der Waals surface area contributed by atoms with Crippen molar-refractivity contribution >= 4 is 25.9 Å². The molecule has 0 aromatic heterocycles. The molecule has 0 bridgehead atoms. The number of unbranched alkanes of at least 4 members (excludes halogenated alkanes) is 1. The van der Waals surface area contributed by atoms with Gasteiger partial charge in [-0.1, -0.05) is 50.1 Å². The number of benzene rings is 1. The van der Waals surface area contributed by atoms with Crippen LogP contribution < -0.4 is 0 Å². The summed E-state index contributed by atoms with van der Waals surface area (Å²) in [5.41, 5.74) is 1.20. The molecule has 28 heavy (non-hydrogen) atoms. The lowest BCUT2D eigenvalue weighted by molar-refractivity contribution is 0.0406. The van der Waals surface area contributed by atoms with Crippen molar-refractivity contribution in [1.82, 2.24) is 0 Å². The molecule has 0 heterocycles. The van der Waals surface area contributed by atoms with Crippen molar-refractivity contribution in [3.63, 3.8) is 0 Å². The lowest BCUT2D eigenvalue weighted by atomic mass is 10.2. The van der Waals surface area contributed by atoms with Crippen molar-refractivity contribution in [3.8, 4) is 0 Å². The fraction of sp³-hybridized carbons (Fsp3) is 0.714. The zero-order valence-corrected chi connectivity index (χ0v) is 21.9. The summed E-state index contributed by atoms with van der Waals surface area (Å²) in [5, 5.41) is 0. The van der Waals surface area contributed by atoms with Crippen LogP contribution in [0.3, 0.4) is 0 Å². The molecule has 0 spiro atoms. The molecule has 0 aliphatic rings. The molecule has 7 heteroatoms. The topological polar surface area (TPSA) is 36.9 Å². The molecule has 1 aromatic carbocycles. The van der Waals surface area contributed by atoms with Crippen molar-refractivity contribution in [2.45, 2.75) is 77.6 Å². The molecule has 0 aliphatic heterocycles. The molecule has 161 valence electrons. The van der Waals surface area contributed by atoms with Crippen molar-refractivity contribution in [1.29, 1.82) is 0 Å². The maximum absolute atomic E-state index is 6.73. The summed E-state index contributed by atoms with van der Waals surface area (Å²) < 4.78 is 24.4. The minimum absolute atomic E-state index is 0.640. The Morgan fingerprint density at radius 2 is 1.50 bits per heavy atom. The van der Waals surface area contributed by atoms with Crippen LogP contribution in [0.1, 0.15) is 31.7 Å². The molecule has 0 aliphatic carbocycles. The highest BCUT2D eigenvalue weighted by molar-refractivity contribution is 6.85. The van der Waals surface area contributed by atoms with Crippen molar-refractivity contribution in [2.75, 3.05) is 19.8 Å². The third-order valence-corrected chi connectivity index (χ3v) is 14.8. The summed E-state index contributed by atoms with van der Waals surface area (Å²) in [5.74, 6) is 0. The van der Waals surface area contributed by atoms with Gasteiger partial charge in [0.25, 0.3) is 0 Å². The molecule has 0 saturated heterocycles. The Morgan fingerprint density at radius 3 is 2.14 bits per heavy atom. The minimum atomic E-state index is -2.02. The summed E-state index contributed by atoms with van der Waals surface area (Å²) in [6, 6.07) is 12.6. The number of rotatable bonds is 16. The van der Waals surface area contributed by atoms with E-state index in [0.717, 1.165) is 19.1 Å². The van der Waals surface area contributed by atoms with Crippen molar-refractivity contribution in [3.05, 3.63) is 35.9 Å². The maximum atomic E-state index is 6.73. The zero-order chi connectivity index (χ0) is 20.9. The quantitative estimate of drug-likeness (QED) is 0.234. The molecule has 0 fully saturated rings. The predicted molar refractivity (Wildman–Crippen MR) is 125 cm³/mol. The molecule has 1 rings (SSSR count). The first-order valence-electron chi connectivity index (χ1n) is 10.6. The van der Waals surface area contributed by atoms with Gasteiger partial charge in [0.05, 0.1) is 19.8 Å². The van der Waals surface area contributed by atoms with Crippen LogP contribution in [0.4, 0.5) is 0 Å². The van der Waals surface area contributed by atoms with E-state index in [1.165, 1.54) is 24.4 Å². The van der Waals surface area contributed by atoms with E-state index in [4.69, 9.17) is 17.7 Å². The van der Waals surface area contributed by atoms with Crippen LogP contribution in [0.2, 0.25) is 44.8 Å². The van der Waals surface area contributed by atoms with E-state index in [1.54, 1.807) is 0 Å². The Kier molecular flexibility index (Phi) is 12.7. The highest BCUT2D eigenvalue weighted by atomic mass is 28.5.